The molecular weight excluding hydrogens is 589 g/mol. The smallest absolute Gasteiger partial charge is 0.334 e. The number of Topliss-reactive ketones (excluding diaryl/α,β-unsaturated/α-hetero) is 1. The molecule has 2 heterocycles. The Morgan fingerprint density at radius 3 is 2.24 bits per heavy atom. The quantitative estimate of drug-likeness (QED) is 0.157. The van der Waals surface area contributed by atoms with Crippen LogP contribution in [0.25, 0.3) is 5.69 Å². The summed E-state index contributed by atoms with van der Waals surface area (Å²) in [6.07, 6.45) is 1.79. The SMILES string of the molecule is O=C(O)CC[C@@H](C(=O)O)n1c(=O)c(C(=O)CCCc2ccc(-n3cc(CCCF)nn3)cc2)c(O)n(Cc2ccccc2)c1=O. The summed E-state index contributed by atoms with van der Waals surface area (Å²) < 4.78 is 15.1. The molecule has 1 atom stereocenters. The van der Waals surface area contributed by atoms with Crippen LogP contribution in [-0.4, -0.2) is 63.8 Å². The number of rotatable bonds is 16. The average Bonchev–Trinajstić information content (AvgIpc) is 3.49. The third-order valence-electron chi connectivity index (χ3n) is 7.22. The highest BCUT2D eigenvalue weighted by Gasteiger charge is 2.31. The number of hydrogen-bond acceptors (Lipinski definition) is 8. The summed E-state index contributed by atoms with van der Waals surface area (Å²) in [5.74, 6) is -4.64. The van der Waals surface area contributed by atoms with E-state index in [9.17, 15) is 38.6 Å². The molecule has 0 aliphatic rings. The fourth-order valence-electron chi connectivity index (χ4n) is 4.89. The first-order valence-corrected chi connectivity index (χ1v) is 14.3. The number of carbonyl (C=O) groups excluding carboxylic acids is 1. The number of benzene rings is 2. The Morgan fingerprint density at radius 1 is 0.889 bits per heavy atom. The first kappa shape index (κ1) is 32.5. The Bertz CT molecular complexity index is 1780. The fourth-order valence-corrected chi connectivity index (χ4v) is 4.89. The third-order valence-corrected chi connectivity index (χ3v) is 7.22. The van der Waals surface area contributed by atoms with Crippen LogP contribution in [-0.2, 0) is 29.0 Å². The van der Waals surface area contributed by atoms with Gasteiger partial charge in [-0.1, -0.05) is 47.7 Å². The molecule has 13 nitrogen and oxygen atoms in total. The number of aromatic nitrogens is 5. The number of carboxylic acids is 2. The zero-order valence-corrected chi connectivity index (χ0v) is 24.2. The zero-order chi connectivity index (χ0) is 32.5. The summed E-state index contributed by atoms with van der Waals surface area (Å²) in [6.45, 7) is -0.708. The second-order valence-corrected chi connectivity index (χ2v) is 10.4. The van der Waals surface area contributed by atoms with Gasteiger partial charge in [0, 0.05) is 12.8 Å². The number of hydrogen-bond donors (Lipinski definition) is 3. The molecule has 3 N–H and O–H groups in total. The highest BCUT2D eigenvalue weighted by Crippen LogP contribution is 2.20. The molecule has 0 spiro atoms. The van der Waals surface area contributed by atoms with E-state index in [0.29, 0.717) is 35.1 Å². The molecule has 0 fully saturated rings. The molecule has 0 bridgehead atoms. The molecule has 2 aromatic heterocycles. The summed E-state index contributed by atoms with van der Waals surface area (Å²) in [5, 5.41) is 38.0. The molecule has 0 saturated heterocycles. The standard InChI is InChI=1S/C31H32FN5O8/c32-17-5-9-22-19-36(34-33-22)23-13-11-20(12-14-23)8-4-10-25(38)27-28(41)35(18-21-6-2-1-3-7-21)31(45)37(29(27)42)24(30(43)44)15-16-26(39)40/h1-3,6-7,11-14,19,24,41H,4-5,8-10,15-18H2,(H,39,40)(H,43,44)/t24-/m0/s1. The second kappa shape index (κ2) is 14.9. The lowest BCUT2D eigenvalue weighted by Crippen LogP contribution is -2.46. The van der Waals surface area contributed by atoms with Crippen LogP contribution in [0.2, 0.25) is 0 Å². The Labute approximate surface area is 255 Å². The van der Waals surface area contributed by atoms with Gasteiger partial charge in [-0.15, -0.1) is 5.10 Å². The summed E-state index contributed by atoms with van der Waals surface area (Å²) >= 11 is 0. The maximum Gasteiger partial charge on any atom is 0.334 e. The normalized spacial score (nSPS) is 11.8. The lowest BCUT2D eigenvalue weighted by molar-refractivity contribution is -0.142. The van der Waals surface area contributed by atoms with E-state index in [1.54, 1.807) is 53.3 Å². The van der Waals surface area contributed by atoms with Gasteiger partial charge in [0.2, 0.25) is 5.88 Å². The van der Waals surface area contributed by atoms with E-state index in [1.807, 2.05) is 12.1 Å². The van der Waals surface area contributed by atoms with Crippen molar-refractivity contribution in [3.63, 3.8) is 0 Å². The van der Waals surface area contributed by atoms with Crippen LogP contribution in [0.1, 0.15) is 65.3 Å². The van der Waals surface area contributed by atoms with E-state index in [-0.39, 0.29) is 19.4 Å². The van der Waals surface area contributed by atoms with Crippen molar-refractivity contribution in [3.8, 4) is 11.6 Å². The molecule has 0 aliphatic carbocycles. The van der Waals surface area contributed by atoms with Crippen molar-refractivity contribution >= 4 is 17.7 Å². The van der Waals surface area contributed by atoms with E-state index in [2.05, 4.69) is 10.3 Å². The zero-order valence-electron chi connectivity index (χ0n) is 24.2. The Morgan fingerprint density at radius 2 is 1.60 bits per heavy atom. The molecule has 0 amide bonds. The van der Waals surface area contributed by atoms with Gasteiger partial charge in [0.1, 0.15) is 11.6 Å². The molecule has 0 radical (unpaired) electrons. The number of halogens is 1. The van der Waals surface area contributed by atoms with Gasteiger partial charge < -0.3 is 15.3 Å². The molecule has 0 unspecified atom stereocenters. The molecule has 4 rings (SSSR count). The van der Waals surface area contributed by atoms with Crippen molar-refractivity contribution in [2.45, 2.75) is 57.5 Å². The van der Waals surface area contributed by atoms with Crippen LogP contribution < -0.4 is 11.2 Å². The number of nitrogens with zero attached hydrogens (tertiary/aromatic N) is 5. The first-order chi connectivity index (χ1) is 21.6. The molecular formula is C31H32FN5O8. The summed E-state index contributed by atoms with van der Waals surface area (Å²) in [5.41, 5.74) is -0.427. The van der Waals surface area contributed by atoms with Gasteiger partial charge in [-0.2, -0.15) is 0 Å². The van der Waals surface area contributed by atoms with Crippen molar-refractivity contribution in [3.05, 3.63) is 104 Å². The largest absolute Gasteiger partial charge is 0.494 e. The van der Waals surface area contributed by atoms with Crippen molar-refractivity contribution in [1.82, 2.24) is 24.1 Å². The maximum atomic E-state index is 13.4. The fraction of sp³-hybridized carbons (Fsp3) is 0.323. The van der Waals surface area contributed by atoms with Crippen LogP contribution in [0.3, 0.4) is 0 Å². The molecule has 0 saturated carbocycles. The number of alkyl halides is 1. The van der Waals surface area contributed by atoms with Crippen LogP contribution in [0, 0.1) is 0 Å². The van der Waals surface area contributed by atoms with Crippen LogP contribution in [0.5, 0.6) is 5.88 Å². The minimum Gasteiger partial charge on any atom is -0.494 e. The number of aromatic hydroxyl groups is 1. The van der Waals surface area contributed by atoms with Crippen LogP contribution in [0.15, 0.2) is 70.4 Å². The molecule has 4 aromatic rings. The number of aryl methyl sites for hydroxylation is 2. The number of carbonyl (C=O) groups is 3. The van der Waals surface area contributed by atoms with Crippen LogP contribution >= 0.6 is 0 Å². The Balaban J connectivity index is 1.57. The van der Waals surface area contributed by atoms with Gasteiger partial charge in [0.25, 0.3) is 5.56 Å². The van der Waals surface area contributed by atoms with Gasteiger partial charge >= 0.3 is 17.6 Å². The summed E-state index contributed by atoms with van der Waals surface area (Å²) in [7, 11) is 0. The van der Waals surface area contributed by atoms with Gasteiger partial charge in [0.05, 0.1) is 30.8 Å². The van der Waals surface area contributed by atoms with Crippen molar-refractivity contribution in [2.75, 3.05) is 6.67 Å². The van der Waals surface area contributed by atoms with Gasteiger partial charge in [-0.25, -0.2) is 18.8 Å². The number of ketones is 1. The molecule has 236 valence electrons. The Hall–Kier alpha value is -5.40. The van der Waals surface area contributed by atoms with Crippen molar-refractivity contribution in [2.24, 2.45) is 0 Å². The van der Waals surface area contributed by atoms with Gasteiger partial charge in [-0.05, 0) is 55.4 Å². The average molecular weight is 622 g/mol. The highest BCUT2D eigenvalue weighted by atomic mass is 19.1. The van der Waals surface area contributed by atoms with Gasteiger partial charge in [-0.3, -0.25) is 23.3 Å². The predicted octanol–water partition coefficient (Wildman–Crippen LogP) is 2.94. The maximum absolute atomic E-state index is 13.4. The van der Waals surface area contributed by atoms with E-state index in [0.717, 1.165) is 15.8 Å². The van der Waals surface area contributed by atoms with E-state index in [1.165, 1.54) is 0 Å². The van der Waals surface area contributed by atoms with E-state index >= 15 is 0 Å². The lowest BCUT2D eigenvalue weighted by atomic mass is 10.0. The molecule has 2 aromatic carbocycles. The molecule has 0 aliphatic heterocycles. The van der Waals surface area contributed by atoms with Crippen LogP contribution in [0.4, 0.5) is 4.39 Å². The molecule has 14 heteroatoms. The molecule has 45 heavy (non-hydrogen) atoms. The Kier molecular flexibility index (Phi) is 10.7. The number of carboxylic acid groups (broad SMARTS) is 2. The van der Waals surface area contributed by atoms with Crippen molar-refractivity contribution < 1.29 is 34.1 Å². The topological polar surface area (TPSA) is 187 Å². The number of aliphatic carboxylic acids is 2. The third kappa shape index (κ3) is 7.96. The van der Waals surface area contributed by atoms with E-state index < -0.39 is 66.0 Å². The summed E-state index contributed by atoms with van der Waals surface area (Å²) in [6, 6.07) is 13.7. The van der Waals surface area contributed by atoms with Crippen molar-refractivity contribution in [1.29, 1.82) is 0 Å². The summed E-state index contributed by atoms with van der Waals surface area (Å²) in [4.78, 5) is 63.4. The predicted molar refractivity (Wildman–Crippen MR) is 159 cm³/mol. The monoisotopic (exact) mass is 621 g/mol. The van der Waals surface area contributed by atoms with Gasteiger partial charge in [0.15, 0.2) is 5.78 Å². The minimum absolute atomic E-state index is 0.206. The second-order valence-electron chi connectivity index (χ2n) is 10.4. The first-order valence-electron chi connectivity index (χ1n) is 14.3. The van der Waals surface area contributed by atoms with E-state index in [4.69, 9.17) is 5.11 Å². The highest BCUT2D eigenvalue weighted by molar-refractivity contribution is 5.97. The minimum atomic E-state index is -1.88. The lowest BCUT2D eigenvalue weighted by Gasteiger charge is -2.19.